The highest BCUT2D eigenvalue weighted by molar-refractivity contribution is 6.08. The van der Waals surface area contributed by atoms with Crippen LogP contribution in [0.1, 0.15) is 26.2 Å². The number of hydrogen-bond acceptors (Lipinski definition) is 3. The summed E-state index contributed by atoms with van der Waals surface area (Å²) in [5.74, 6) is -1.16. The zero-order valence-electron chi connectivity index (χ0n) is 8.08. The molecule has 0 unspecified atom stereocenters. The number of nitrogens with one attached hydrogen (secondary N) is 1. The van der Waals surface area contributed by atoms with Crippen molar-refractivity contribution in [2.75, 3.05) is 0 Å². The molecule has 1 heterocycles. The highest BCUT2D eigenvalue weighted by atomic mass is 16.2. The Morgan fingerprint density at radius 1 is 1.29 bits per heavy atom. The van der Waals surface area contributed by atoms with E-state index in [9.17, 15) is 14.4 Å². The summed E-state index contributed by atoms with van der Waals surface area (Å²) in [6, 6.07) is 0. The van der Waals surface area contributed by atoms with Gasteiger partial charge in [-0.05, 0) is 12.8 Å². The molecule has 14 heavy (non-hydrogen) atoms. The summed E-state index contributed by atoms with van der Waals surface area (Å²) in [4.78, 5) is 34.3. The van der Waals surface area contributed by atoms with Gasteiger partial charge < -0.3 is 0 Å². The predicted molar refractivity (Wildman–Crippen MR) is 48.2 cm³/mol. The standard InChI is InChI=1S/C10H13NO3/c1-2-5-7(12)4-3-6-8(5)10(14)11-9(6)13/h5-6,8H,2-4H2,1H3,(H,11,13,14)/t5-,6-,8+/m0/s1. The van der Waals surface area contributed by atoms with Gasteiger partial charge in [-0.1, -0.05) is 6.92 Å². The molecule has 0 aromatic rings. The van der Waals surface area contributed by atoms with Crippen molar-refractivity contribution >= 4 is 17.6 Å². The first kappa shape index (κ1) is 9.37. The Balaban J connectivity index is 2.30. The Morgan fingerprint density at radius 2 is 2.00 bits per heavy atom. The van der Waals surface area contributed by atoms with Crippen LogP contribution in [-0.4, -0.2) is 17.6 Å². The van der Waals surface area contributed by atoms with Crippen molar-refractivity contribution in [3.63, 3.8) is 0 Å². The third-order valence-electron chi connectivity index (χ3n) is 3.31. The smallest absolute Gasteiger partial charge is 0.231 e. The summed E-state index contributed by atoms with van der Waals surface area (Å²) in [6.07, 6.45) is 1.64. The van der Waals surface area contributed by atoms with Crippen LogP contribution in [0.4, 0.5) is 0 Å². The van der Waals surface area contributed by atoms with Gasteiger partial charge in [0.25, 0.3) is 0 Å². The second-order valence-corrected chi connectivity index (χ2v) is 4.01. The highest BCUT2D eigenvalue weighted by Gasteiger charge is 2.49. The van der Waals surface area contributed by atoms with Crippen molar-refractivity contribution in [3.8, 4) is 0 Å². The first-order valence-electron chi connectivity index (χ1n) is 5.02. The minimum absolute atomic E-state index is 0.138. The number of carbonyl (C=O) groups excluding carboxylic acids is 3. The van der Waals surface area contributed by atoms with Crippen molar-refractivity contribution in [1.29, 1.82) is 0 Å². The van der Waals surface area contributed by atoms with Gasteiger partial charge >= 0.3 is 0 Å². The largest absolute Gasteiger partial charge is 0.299 e. The maximum Gasteiger partial charge on any atom is 0.231 e. The summed E-state index contributed by atoms with van der Waals surface area (Å²) in [7, 11) is 0. The number of amides is 2. The Kier molecular flexibility index (Phi) is 2.13. The van der Waals surface area contributed by atoms with Gasteiger partial charge in [-0.15, -0.1) is 0 Å². The summed E-state index contributed by atoms with van der Waals surface area (Å²) in [6.45, 7) is 1.89. The molecule has 3 atom stereocenters. The number of Topliss-reactive ketones (excluding diaryl/α,β-unsaturated/α-hetero) is 1. The van der Waals surface area contributed by atoms with E-state index in [1.165, 1.54) is 0 Å². The molecule has 0 spiro atoms. The van der Waals surface area contributed by atoms with Crippen LogP contribution < -0.4 is 5.32 Å². The van der Waals surface area contributed by atoms with Crippen molar-refractivity contribution in [3.05, 3.63) is 0 Å². The number of rotatable bonds is 1. The maximum atomic E-state index is 11.5. The molecule has 1 aliphatic carbocycles. The van der Waals surface area contributed by atoms with Crippen molar-refractivity contribution in [1.82, 2.24) is 5.32 Å². The molecule has 1 aliphatic heterocycles. The number of carbonyl (C=O) groups is 3. The van der Waals surface area contributed by atoms with Gasteiger partial charge in [0.05, 0.1) is 11.8 Å². The van der Waals surface area contributed by atoms with Crippen LogP contribution in [0.3, 0.4) is 0 Å². The summed E-state index contributed by atoms with van der Waals surface area (Å²) in [5, 5.41) is 2.31. The van der Waals surface area contributed by atoms with Gasteiger partial charge in [0, 0.05) is 12.3 Å². The summed E-state index contributed by atoms with van der Waals surface area (Å²) < 4.78 is 0. The number of hydrogen-bond donors (Lipinski definition) is 1. The van der Waals surface area contributed by atoms with Gasteiger partial charge in [0.15, 0.2) is 0 Å². The molecule has 1 N–H and O–H groups in total. The predicted octanol–water partition coefficient (Wildman–Crippen LogP) is 0.264. The first-order chi connectivity index (χ1) is 6.65. The summed E-state index contributed by atoms with van der Waals surface area (Å²) in [5.41, 5.74) is 0. The molecule has 4 nitrogen and oxygen atoms in total. The van der Waals surface area contributed by atoms with E-state index in [0.29, 0.717) is 19.3 Å². The maximum absolute atomic E-state index is 11.5. The molecule has 2 fully saturated rings. The second kappa shape index (κ2) is 3.19. The highest BCUT2D eigenvalue weighted by Crippen LogP contribution is 2.37. The first-order valence-corrected chi connectivity index (χ1v) is 5.02. The van der Waals surface area contributed by atoms with Crippen molar-refractivity contribution in [2.24, 2.45) is 17.8 Å². The molecule has 76 valence electrons. The Bertz CT molecular complexity index is 310. The zero-order valence-corrected chi connectivity index (χ0v) is 8.08. The Morgan fingerprint density at radius 3 is 2.64 bits per heavy atom. The molecule has 2 amide bonds. The zero-order chi connectivity index (χ0) is 10.3. The lowest BCUT2D eigenvalue weighted by Gasteiger charge is -2.28. The lowest BCUT2D eigenvalue weighted by Crippen LogP contribution is -2.36. The molecule has 1 saturated carbocycles. The normalized spacial score (nSPS) is 36.9. The third-order valence-corrected chi connectivity index (χ3v) is 3.31. The molecule has 2 aliphatic rings. The second-order valence-electron chi connectivity index (χ2n) is 4.01. The molecule has 0 aromatic carbocycles. The monoisotopic (exact) mass is 195 g/mol. The SMILES string of the molecule is CC[C@H]1C(=O)CC[C@@H]2C(=O)NC(=O)[C@@H]21. The average Bonchev–Trinajstić information content (AvgIpc) is 2.43. The fourth-order valence-corrected chi connectivity index (χ4v) is 2.58. The van der Waals surface area contributed by atoms with E-state index in [1.807, 2.05) is 6.92 Å². The van der Waals surface area contributed by atoms with E-state index < -0.39 is 0 Å². The van der Waals surface area contributed by atoms with Crippen LogP contribution in [0.2, 0.25) is 0 Å². The number of ketones is 1. The minimum atomic E-state index is -0.381. The fraction of sp³-hybridized carbons (Fsp3) is 0.700. The molecular formula is C10H13NO3. The molecule has 0 aromatic heterocycles. The third kappa shape index (κ3) is 1.17. The van der Waals surface area contributed by atoms with E-state index in [2.05, 4.69) is 5.32 Å². The summed E-state index contributed by atoms with van der Waals surface area (Å²) >= 11 is 0. The van der Waals surface area contributed by atoms with Crippen LogP contribution in [0, 0.1) is 17.8 Å². The average molecular weight is 195 g/mol. The lowest BCUT2D eigenvalue weighted by atomic mass is 9.71. The topological polar surface area (TPSA) is 63.2 Å². The Labute approximate surface area is 82.0 Å². The molecule has 0 radical (unpaired) electrons. The van der Waals surface area contributed by atoms with Crippen LogP contribution in [0.25, 0.3) is 0 Å². The van der Waals surface area contributed by atoms with Crippen LogP contribution in [0.15, 0.2) is 0 Å². The van der Waals surface area contributed by atoms with E-state index in [4.69, 9.17) is 0 Å². The van der Waals surface area contributed by atoms with Crippen molar-refractivity contribution < 1.29 is 14.4 Å². The minimum Gasteiger partial charge on any atom is -0.299 e. The molecule has 0 bridgehead atoms. The molecule has 2 rings (SSSR count). The van der Waals surface area contributed by atoms with E-state index in [1.54, 1.807) is 0 Å². The molecule has 1 saturated heterocycles. The number of imide groups is 1. The van der Waals surface area contributed by atoms with Crippen LogP contribution >= 0.6 is 0 Å². The quantitative estimate of drug-likeness (QED) is 0.610. The molecular weight excluding hydrogens is 182 g/mol. The van der Waals surface area contributed by atoms with E-state index in [0.717, 1.165) is 0 Å². The fourth-order valence-electron chi connectivity index (χ4n) is 2.58. The van der Waals surface area contributed by atoms with Crippen LogP contribution in [-0.2, 0) is 14.4 Å². The van der Waals surface area contributed by atoms with Gasteiger partial charge in [-0.25, -0.2) is 0 Å². The van der Waals surface area contributed by atoms with Crippen molar-refractivity contribution in [2.45, 2.75) is 26.2 Å². The van der Waals surface area contributed by atoms with E-state index in [-0.39, 0.29) is 35.4 Å². The van der Waals surface area contributed by atoms with Gasteiger partial charge in [-0.2, -0.15) is 0 Å². The van der Waals surface area contributed by atoms with Gasteiger partial charge in [0.1, 0.15) is 5.78 Å². The molecule has 4 heteroatoms. The lowest BCUT2D eigenvalue weighted by molar-refractivity contribution is -0.135. The van der Waals surface area contributed by atoms with Gasteiger partial charge in [-0.3, -0.25) is 19.7 Å². The van der Waals surface area contributed by atoms with Crippen LogP contribution in [0.5, 0.6) is 0 Å². The number of fused-ring (bicyclic) bond motifs is 1. The van der Waals surface area contributed by atoms with Gasteiger partial charge in [0.2, 0.25) is 11.8 Å². The van der Waals surface area contributed by atoms with E-state index >= 15 is 0 Å². The Hall–Kier alpha value is -1.19.